The zero-order valence-electron chi connectivity index (χ0n) is 19.9. The molecule has 0 spiro atoms. The van der Waals surface area contributed by atoms with E-state index in [4.69, 9.17) is 10.5 Å². The van der Waals surface area contributed by atoms with Crippen LogP contribution in [-0.2, 0) is 15.7 Å². The SMILES string of the molecule is CC1(c2nc(NC(=O)c3ccc(OCC(F)F)cn3)ccc2F)C[SH]2(=O)NCCCCC2(C)C(N)=N1. The Hall–Kier alpha value is -3.06. The number of thiol groups is 1. The first-order chi connectivity index (χ1) is 17.0. The Morgan fingerprint density at radius 1 is 1.28 bits per heavy atom. The molecule has 4 heterocycles. The van der Waals surface area contributed by atoms with E-state index in [-0.39, 0.29) is 34.5 Å². The second-order valence-corrected chi connectivity index (χ2v) is 12.5. The fraction of sp³-hybridized carbons (Fsp3) is 0.478. The number of amidine groups is 1. The number of rotatable bonds is 6. The van der Waals surface area contributed by atoms with Gasteiger partial charge in [0, 0.05) is 12.3 Å². The van der Waals surface area contributed by atoms with Gasteiger partial charge in [-0.15, -0.1) is 0 Å². The van der Waals surface area contributed by atoms with Crippen molar-refractivity contribution in [2.75, 3.05) is 24.2 Å². The zero-order valence-corrected chi connectivity index (χ0v) is 20.8. The number of fused-ring (bicyclic) bond motifs is 1. The van der Waals surface area contributed by atoms with Crippen LogP contribution in [0.3, 0.4) is 0 Å². The quantitative estimate of drug-likeness (QED) is 0.428. The molecule has 36 heavy (non-hydrogen) atoms. The monoisotopic (exact) mass is 526 g/mol. The van der Waals surface area contributed by atoms with Gasteiger partial charge < -0.3 is 15.8 Å². The van der Waals surface area contributed by atoms with Crippen molar-refractivity contribution >= 4 is 27.7 Å². The summed E-state index contributed by atoms with van der Waals surface area (Å²) in [5.74, 6) is -0.975. The molecule has 2 unspecified atom stereocenters. The van der Waals surface area contributed by atoms with Gasteiger partial charge in [0.25, 0.3) is 12.3 Å². The lowest BCUT2D eigenvalue weighted by Crippen LogP contribution is -2.64. The van der Waals surface area contributed by atoms with E-state index in [0.29, 0.717) is 13.0 Å². The van der Waals surface area contributed by atoms with Crippen LogP contribution in [0.25, 0.3) is 0 Å². The molecule has 4 N–H and O–H groups in total. The summed E-state index contributed by atoms with van der Waals surface area (Å²) in [6.07, 6.45) is 0.832. The van der Waals surface area contributed by atoms with Crippen molar-refractivity contribution in [2.24, 2.45) is 10.7 Å². The van der Waals surface area contributed by atoms with Gasteiger partial charge >= 0.3 is 0 Å². The van der Waals surface area contributed by atoms with Gasteiger partial charge in [0.05, 0.1) is 10.9 Å². The van der Waals surface area contributed by atoms with E-state index in [1.165, 1.54) is 18.2 Å². The molecule has 196 valence electrons. The van der Waals surface area contributed by atoms with E-state index >= 15 is 4.39 Å². The normalized spacial score (nSPS) is 26.3. The largest absolute Gasteiger partial charge is 0.486 e. The van der Waals surface area contributed by atoms with E-state index in [2.05, 4.69) is 25.0 Å². The fourth-order valence-electron chi connectivity index (χ4n) is 4.56. The molecule has 0 radical (unpaired) electrons. The van der Waals surface area contributed by atoms with Gasteiger partial charge in [-0.1, -0.05) is 6.42 Å². The third-order valence-electron chi connectivity index (χ3n) is 6.65. The molecule has 2 aliphatic rings. The minimum absolute atomic E-state index is 0.0268. The van der Waals surface area contributed by atoms with Crippen LogP contribution in [0, 0.1) is 5.82 Å². The Kier molecular flexibility index (Phi) is 7.06. The topological polar surface area (TPSA) is 132 Å². The molecule has 1 fully saturated rings. The molecule has 2 aromatic rings. The number of anilines is 1. The summed E-state index contributed by atoms with van der Waals surface area (Å²) in [6, 6.07) is 5.07. The Balaban J connectivity index is 1.58. The Morgan fingerprint density at radius 2 is 2.06 bits per heavy atom. The smallest absolute Gasteiger partial charge is 0.275 e. The molecule has 2 atom stereocenters. The van der Waals surface area contributed by atoms with Gasteiger partial charge in [-0.05, 0) is 61.1 Å². The number of hydrogen-bond donors (Lipinski definition) is 4. The first-order valence-corrected chi connectivity index (χ1v) is 13.4. The van der Waals surface area contributed by atoms with Gasteiger partial charge in [-0.2, -0.15) is 0 Å². The maximum absolute atomic E-state index is 15.0. The Labute approximate surface area is 207 Å². The van der Waals surface area contributed by atoms with Gasteiger partial charge in [0.1, 0.15) is 46.8 Å². The second kappa shape index (κ2) is 9.77. The van der Waals surface area contributed by atoms with Crippen molar-refractivity contribution in [3.8, 4) is 5.75 Å². The number of nitrogens with one attached hydrogen (secondary N) is 2. The van der Waals surface area contributed by atoms with Crippen LogP contribution in [0.2, 0.25) is 0 Å². The molecule has 2 aliphatic heterocycles. The first-order valence-electron chi connectivity index (χ1n) is 11.5. The summed E-state index contributed by atoms with van der Waals surface area (Å²) >= 11 is 0. The van der Waals surface area contributed by atoms with Crippen LogP contribution in [0.5, 0.6) is 5.75 Å². The van der Waals surface area contributed by atoms with Crippen molar-refractivity contribution in [1.82, 2.24) is 14.7 Å². The lowest BCUT2D eigenvalue weighted by molar-refractivity contribution is 0.0816. The third-order valence-corrected chi connectivity index (χ3v) is 10.5. The van der Waals surface area contributed by atoms with E-state index in [1.54, 1.807) is 6.92 Å². The lowest BCUT2D eigenvalue weighted by atomic mass is 9.96. The van der Waals surface area contributed by atoms with Gasteiger partial charge in [-0.3, -0.25) is 18.7 Å². The summed E-state index contributed by atoms with van der Waals surface area (Å²) < 4.78 is 60.8. The van der Waals surface area contributed by atoms with Gasteiger partial charge in [0.2, 0.25) is 0 Å². The van der Waals surface area contributed by atoms with E-state index < -0.39 is 45.2 Å². The molecule has 0 saturated carbocycles. The van der Waals surface area contributed by atoms with Crippen LogP contribution in [0.1, 0.15) is 49.3 Å². The number of carbonyl (C=O) groups excluding carboxylic acids is 1. The lowest BCUT2D eigenvalue weighted by Gasteiger charge is -2.48. The standard InChI is InChI=1S/C23H29F3N6O3S/c1-22(13-36(34)23(2,21(27)32-22)9-3-4-10-29-36)19-15(24)6-8-18(30-19)31-20(33)16-7-5-14(11-28-16)35-12-17(25)26/h5-8,11,17,36H,3-4,9-10,12-13H2,1-2H3,(H2,27,32)(H,29,34)(H,30,31,33). The molecular formula is C23H29F3N6O3S. The zero-order chi connectivity index (χ0) is 26.1. The average Bonchev–Trinajstić information content (AvgIpc) is 2.97. The number of pyridine rings is 2. The number of halogens is 3. The average molecular weight is 527 g/mol. The summed E-state index contributed by atoms with van der Waals surface area (Å²) in [7, 11) is -3.11. The molecule has 4 rings (SSSR count). The minimum atomic E-state index is -3.11. The van der Waals surface area contributed by atoms with Crippen molar-refractivity contribution in [2.45, 2.75) is 49.8 Å². The van der Waals surface area contributed by atoms with E-state index in [9.17, 15) is 17.8 Å². The maximum Gasteiger partial charge on any atom is 0.275 e. The number of aromatic nitrogens is 2. The Bertz CT molecular complexity index is 1230. The number of hydrogen-bond acceptors (Lipinski definition) is 7. The van der Waals surface area contributed by atoms with E-state index in [0.717, 1.165) is 25.1 Å². The molecule has 0 bridgehead atoms. The van der Waals surface area contributed by atoms with Gasteiger partial charge in [-0.25, -0.2) is 23.1 Å². The third kappa shape index (κ3) is 4.94. The van der Waals surface area contributed by atoms with Crippen LogP contribution in [0.4, 0.5) is 19.0 Å². The number of ether oxygens (including phenoxy) is 1. The second-order valence-electron chi connectivity index (χ2n) is 9.37. The van der Waals surface area contributed by atoms with Crippen molar-refractivity contribution in [3.63, 3.8) is 0 Å². The molecule has 2 aromatic heterocycles. The molecule has 0 aliphatic carbocycles. The summed E-state index contributed by atoms with van der Waals surface area (Å²) in [5.41, 5.74) is 4.91. The molecule has 13 heteroatoms. The molecule has 1 amide bonds. The van der Waals surface area contributed by atoms with E-state index in [1.807, 2.05) is 6.92 Å². The molecule has 0 aromatic carbocycles. The van der Waals surface area contributed by atoms with Crippen LogP contribution in [0.15, 0.2) is 35.5 Å². The summed E-state index contributed by atoms with van der Waals surface area (Å²) in [5, 5.41) is 2.54. The minimum Gasteiger partial charge on any atom is -0.486 e. The van der Waals surface area contributed by atoms with Crippen LogP contribution in [-0.4, -0.2) is 56.0 Å². The van der Waals surface area contributed by atoms with Crippen molar-refractivity contribution in [3.05, 3.63) is 47.7 Å². The van der Waals surface area contributed by atoms with Crippen LogP contribution < -0.4 is 20.5 Å². The highest BCUT2D eigenvalue weighted by atomic mass is 32.3. The summed E-state index contributed by atoms with van der Waals surface area (Å²) in [6.45, 7) is 3.24. The first kappa shape index (κ1) is 26.0. The summed E-state index contributed by atoms with van der Waals surface area (Å²) in [4.78, 5) is 25.4. The predicted octanol–water partition coefficient (Wildman–Crippen LogP) is 2.56. The number of carbonyl (C=O) groups is 1. The molecule has 1 saturated heterocycles. The van der Waals surface area contributed by atoms with Crippen molar-refractivity contribution < 1.29 is 26.9 Å². The van der Waals surface area contributed by atoms with Crippen LogP contribution >= 0.6 is 0 Å². The fourth-order valence-corrected chi connectivity index (χ4v) is 7.92. The Morgan fingerprint density at radius 3 is 2.75 bits per heavy atom. The predicted molar refractivity (Wildman–Crippen MR) is 132 cm³/mol. The number of nitrogens with zero attached hydrogens (tertiary/aromatic N) is 3. The highest BCUT2D eigenvalue weighted by molar-refractivity contribution is 8.03. The van der Waals surface area contributed by atoms with Gasteiger partial charge in [0.15, 0.2) is 0 Å². The highest BCUT2D eigenvalue weighted by Gasteiger charge is 2.52. The maximum atomic E-state index is 15.0. The van der Waals surface area contributed by atoms with Crippen molar-refractivity contribution in [1.29, 1.82) is 0 Å². The highest BCUT2D eigenvalue weighted by Crippen LogP contribution is 2.43. The number of nitrogens with two attached hydrogens (primary N) is 1. The number of amides is 1. The molecular weight excluding hydrogens is 497 g/mol. The number of aliphatic imine (C=N–C) groups is 1. The number of alkyl halides is 2. The molecule has 9 nitrogen and oxygen atoms in total.